The molecular formula is C23H34IN5. The van der Waals surface area contributed by atoms with Gasteiger partial charge in [-0.15, -0.1) is 24.0 Å². The van der Waals surface area contributed by atoms with Crippen LogP contribution in [-0.4, -0.2) is 42.5 Å². The molecule has 1 aromatic heterocycles. The Bertz CT molecular complexity index is 750. The normalized spacial score (nSPS) is 17.4. The fraction of sp³-hybridized carbons (Fsp3) is 0.478. The zero-order valence-electron chi connectivity index (χ0n) is 17.6. The van der Waals surface area contributed by atoms with Gasteiger partial charge in [0.15, 0.2) is 5.96 Å². The molecule has 5 nitrogen and oxygen atoms in total. The Hall–Kier alpha value is -1.67. The van der Waals surface area contributed by atoms with E-state index in [0.29, 0.717) is 0 Å². The molecule has 1 unspecified atom stereocenters. The van der Waals surface area contributed by atoms with Gasteiger partial charge in [-0.25, -0.2) is 0 Å². The first kappa shape index (κ1) is 23.6. The molecule has 1 aliphatic heterocycles. The Morgan fingerprint density at radius 2 is 1.93 bits per heavy atom. The average Bonchev–Trinajstić information content (AvgIpc) is 2.72. The number of nitrogens with zero attached hydrogens (tertiary/aromatic N) is 3. The number of pyridine rings is 1. The van der Waals surface area contributed by atoms with E-state index < -0.39 is 0 Å². The number of rotatable bonds is 7. The number of likely N-dealkylation sites (tertiary alicyclic amines) is 1. The summed E-state index contributed by atoms with van der Waals surface area (Å²) in [5.74, 6) is 1.64. The summed E-state index contributed by atoms with van der Waals surface area (Å²) in [6.07, 6.45) is 5.39. The van der Waals surface area contributed by atoms with Gasteiger partial charge in [-0.1, -0.05) is 37.3 Å². The van der Waals surface area contributed by atoms with Gasteiger partial charge in [-0.2, -0.15) is 0 Å². The molecule has 1 saturated heterocycles. The van der Waals surface area contributed by atoms with Gasteiger partial charge in [0.25, 0.3) is 0 Å². The highest BCUT2D eigenvalue weighted by Crippen LogP contribution is 2.19. The average molecular weight is 507 g/mol. The van der Waals surface area contributed by atoms with E-state index >= 15 is 0 Å². The number of halogens is 1. The second kappa shape index (κ2) is 12.8. The number of nitrogens with one attached hydrogen (secondary N) is 2. The molecular weight excluding hydrogens is 473 g/mol. The van der Waals surface area contributed by atoms with Gasteiger partial charge in [0.1, 0.15) is 0 Å². The van der Waals surface area contributed by atoms with E-state index in [1.807, 2.05) is 25.4 Å². The number of hydrogen-bond donors (Lipinski definition) is 2. The first-order valence-electron chi connectivity index (χ1n) is 10.4. The maximum Gasteiger partial charge on any atom is 0.191 e. The van der Waals surface area contributed by atoms with Gasteiger partial charge in [-0.05, 0) is 48.6 Å². The lowest BCUT2D eigenvalue weighted by Crippen LogP contribution is -2.38. The molecule has 0 spiro atoms. The maximum atomic E-state index is 4.36. The van der Waals surface area contributed by atoms with Crippen molar-refractivity contribution in [2.24, 2.45) is 10.9 Å². The summed E-state index contributed by atoms with van der Waals surface area (Å²) in [6, 6.07) is 14.8. The second-order valence-electron chi connectivity index (χ2n) is 7.67. The van der Waals surface area contributed by atoms with Crippen LogP contribution in [0.2, 0.25) is 0 Å². The number of guanidine groups is 1. The summed E-state index contributed by atoms with van der Waals surface area (Å²) in [5.41, 5.74) is 3.84. The number of aromatic nitrogens is 1. The molecule has 0 saturated carbocycles. The molecule has 6 heteroatoms. The third kappa shape index (κ3) is 7.93. The van der Waals surface area contributed by atoms with Gasteiger partial charge in [0, 0.05) is 51.5 Å². The molecule has 29 heavy (non-hydrogen) atoms. The highest BCUT2D eigenvalue weighted by Gasteiger charge is 2.17. The quantitative estimate of drug-likeness (QED) is 0.340. The zero-order valence-corrected chi connectivity index (χ0v) is 19.9. The van der Waals surface area contributed by atoms with E-state index in [2.05, 4.69) is 62.8 Å². The number of hydrogen-bond acceptors (Lipinski definition) is 3. The molecule has 1 atom stereocenters. The Kier molecular flexibility index (Phi) is 10.4. The van der Waals surface area contributed by atoms with Crippen molar-refractivity contribution < 1.29 is 0 Å². The Labute approximate surface area is 192 Å². The van der Waals surface area contributed by atoms with Crippen LogP contribution in [0.3, 0.4) is 0 Å². The first-order valence-corrected chi connectivity index (χ1v) is 10.4. The molecule has 0 radical (unpaired) electrons. The molecule has 2 N–H and O–H groups in total. The minimum atomic E-state index is 0. The maximum absolute atomic E-state index is 4.36. The van der Waals surface area contributed by atoms with Crippen molar-refractivity contribution in [1.29, 1.82) is 0 Å². The molecule has 2 heterocycles. The smallest absolute Gasteiger partial charge is 0.191 e. The fourth-order valence-electron chi connectivity index (χ4n) is 3.81. The first-order chi connectivity index (χ1) is 13.7. The van der Waals surface area contributed by atoms with Crippen LogP contribution >= 0.6 is 24.0 Å². The van der Waals surface area contributed by atoms with E-state index in [9.17, 15) is 0 Å². The van der Waals surface area contributed by atoms with Crippen LogP contribution < -0.4 is 10.6 Å². The summed E-state index contributed by atoms with van der Waals surface area (Å²) in [4.78, 5) is 11.3. The van der Waals surface area contributed by atoms with E-state index in [-0.39, 0.29) is 24.0 Å². The van der Waals surface area contributed by atoms with Crippen LogP contribution in [0, 0.1) is 5.92 Å². The van der Waals surface area contributed by atoms with Gasteiger partial charge >= 0.3 is 0 Å². The van der Waals surface area contributed by atoms with E-state index in [0.717, 1.165) is 43.6 Å². The van der Waals surface area contributed by atoms with Crippen LogP contribution in [0.25, 0.3) is 0 Å². The SMILES string of the molecule is CN=C(NCCc1ccccn1)NCc1ccccc1CN1CCCC(C)C1.I. The molecule has 0 aliphatic carbocycles. The van der Waals surface area contributed by atoms with E-state index in [1.54, 1.807) is 0 Å². The number of benzene rings is 1. The lowest BCUT2D eigenvalue weighted by molar-refractivity contribution is 0.176. The molecule has 1 fully saturated rings. The molecule has 0 amide bonds. The standard InChI is InChI=1S/C23H33N5.HI/c1-19-8-7-15-28(17-19)18-21-10-4-3-9-20(21)16-27-23(24-2)26-14-12-22-11-5-6-13-25-22;/h3-6,9-11,13,19H,7-8,12,14-18H2,1-2H3,(H2,24,26,27);1H. The van der Waals surface area contributed by atoms with Crippen molar-refractivity contribution in [2.45, 2.75) is 39.3 Å². The van der Waals surface area contributed by atoms with Crippen LogP contribution in [0.1, 0.15) is 36.6 Å². The number of aliphatic imine (C=N–C) groups is 1. The van der Waals surface area contributed by atoms with E-state index in [1.165, 1.54) is 37.1 Å². The monoisotopic (exact) mass is 507 g/mol. The zero-order chi connectivity index (χ0) is 19.6. The Morgan fingerprint density at radius 1 is 1.14 bits per heavy atom. The molecule has 1 aromatic carbocycles. The second-order valence-corrected chi connectivity index (χ2v) is 7.67. The van der Waals surface area contributed by atoms with Crippen LogP contribution in [-0.2, 0) is 19.5 Å². The van der Waals surface area contributed by atoms with Crippen molar-refractivity contribution >= 4 is 29.9 Å². The van der Waals surface area contributed by atoms with Crippen molar-refractivity contribution in [3.8, 4) is 0 Å². The lowest BCUT2D eigenvalue weighted by atomic mass is 9.99. The fourth-order valence-corrected chi connectivity index (χ4v) is 3.81. The van der Waals surface area contributed by atoms with Crippen LogP contribution in [0.5, 0.6) is 0 Å². The van der Waals surface area contributed by atoms with Crippen LogP contribution in [0.4, 0.5) is 0 Å². The number of piperidine rings is 1. The van der Waals surface area contributed by atoms with Crippen molar-refractivity contribution in [3.05, 3.63) is 65.5 Å². The third-order valence-corrected chi connectivity index (χ3v) is 5.32. The van der Waals surface area contributed by atoms with Gasteiger partial charge in [0.05, 0.1) is 0 Å². The summed E-state index contributed by atoms with van der Waals surface area (Å²) < 4.78 is 0. The highest BCUT2D eigenvalue weighted by atomic mass is 127. The van der Waals surface area contributed by atoms with Gasteiger partial charge in [-0.3, -0.25) is 14.9 Å². The summed E-state index contributed by atoms with van der Waals surface area (Å²) in [7, 11) is 1.82. The Balaban J connectivity index is 0.00000300. The predicted molar refractivity (Wildman–Crippen MR) is 132 cm³/mol. The van der Waals surface area contributed by atoms with Gasteiger partial charge < -0.3 is 10.6 Å². The summed E-state index contributed by atoms with van der Waals surface area (Å²) in [5, 5.41) is 6.84. The molecule has 2 aromatic rings. The molecule has 0 bridgehead atoms. The topological polar surface area (TPSA) is 52.6 Å². The molecule has 158 valence electrons. The van der Waals surface area contributed by atoms with Crippen molar-refractivity contribution in [1.82, 2.24) is 20.5 Å². The lowest BCUT2D eigenvalue weighted by Gasteiger charge is -2.31. The van der Waals surface area contributed by atoms with Crippen LogP contribution in [0.15, 0.2) is 53.7 Å². The van der Waals surface area contributed by atoms with Crippen molar-refractivity contribution in [2.75, 3.05) is 26.7 Å². The third-order valence-electron chi connectivity index (χ3n) is 5.32. The Morgan fingerprint density at radius 3 is 2.66 bits per heavy atom. The molecule has 3 rings (SSSR count). The molecule has 1 aliphatic rings. The highest BCUT2D eigenvalue weighted by molar-refractivity contribution is 14.0. The van der Waals surface area contributed by atoms with Crippen molar-refractivity contribution in [3.63, 3.8) is 0 Å². The minimum absolute atomic E-state index is 0. The van der Waals surface area contributed by atoms with Gasteiger partial charge in [0.2, 0.25) is 0 Å². The minimum Gasteiger partial charge on any atom is -0.356 e. The van der Waals surface area contributed by atoms with E-state index in [4.69, 9.17) is 0 Å². The predicted octanol–water partition coefficient (Wildman–Crippen LogP) is 3.84. The summed E-state index contributed by atoms with van der Waals surface area (Å²) in [6.45, 7) is 7.41. The summed E-state index contributed by atoms with van der Waals surface area (Å²) >= 11 is 0. The largest absolute Gasteiger partial charge is 0.356 e.